The van der Waals surface area contributed by atoms with Crippen LogP contribution in [0.3, 0.4) is 0 Å². The van der Waals surface area contributed by atoms with E-state index in [0.29, 0.717) is 24.5 Å². The number of halogens is 4. The van der Waals surface area contributed by atoms with E-state index in [-0.39, 0.29) is 16.7 Å². The lowest BCUT2D eigenvalue weighted by Gasteiger charge is -2.38. The summed E-state index contributed by atoms with van der Waals surface area (Å²) < 4.78 is 52.9. The highest BCUT2D eigenvalue weighted by Gasteiger charge is 2.46. The topological polar surface area (TPSA) is 70.4 Å². The van der Waals surface area contributed by atoms with Gasteiger partial charge in [-0.2, -0.15) is 13.2 Å². The first-order chi connectivity index (χ1) is 12.2. The van der Waals surface area contributed by atoms with Crippen LogP contribution in [0.2, 0.25) is 0 Å². The number of nitrogens with zero attached hydrogens (tertiary/aromatic N) is 1. The number of hydrogen-bond donors (Lipinski definition) is 2. The van der Waals surface area contributed by atoms with E-state index in [9.17, 15) is 32.6 Å². The van der Waals surface area contributed by atoms with Gasteiger partial charge in [0, 0.05) is 17.3 Å². The first-order valence-electron chi connectivity index (χ1n) is 7.90. The number of aliphatic hydroxyl groups is 1. The molecular weight excluding hydrogens is 354 g/mol. The molecule has 1 aromatic carbocycles. The lowest BCUT2D eigenvalue weighted by atomic mass is 9.64. The largest absolute Gasteiger partial charge is 0.481 e. The Bertz CT molecular complexity index is 860. The summed E-state index contributed by atoms with van der Waals surface area (Å²) in [5.41, 5.74) is -2.10. The Hall–Kier alpha value is -2.48. The van der Waals surface area contributed by atoms with Gasteiger partial charge in [-0.15, -0.1) is 0 Å². The molecule has 1 saturated carbocycles. The van der Waals surface area contributed by atoms with Crippen LogP contribution in [-0.2, 0) is 23.0 Å². The number of benzene rings is 1. The normalized spacial score (nSPS) is 16.2. The van der Waals surface area contributed by atoms with Crippen molar-refractivity contribution in [2.45, 2.75) is 37.5 Å². The summed E-state index contributed by atoms with van der Waals surface area (Å²) in [4.78, 5) is 14.8. The number of aromatic nitrogens is 1. The highest BCUT2D eigenvalue weighted by Crippen LogP contribution is 2.45. The van der Waals surface area contributed by atoms with Crippen LogP contribution in [0.5, 0.6) is 0 Å². The van der Waals surface area contributed by atoms with E-state index in [2.05, 4.69) is 4.98 Å². The van der Waals surface area contributed by atoms with Crippen LogP contribution in [0, 0.1) is 5.82 Å². The molecule has 2 aromatic rings. The van der Waals surface area contributed by atoms with Crippen molar-refractivity contribution in [1.82, 2.24) is 4.98 Å². The number of alkyl halides is 3. The predicted octanol–water partition coefficient (Wildman–Crippen LogP) is 3.91. The second-order valence-corrected chi connectivity index (χ2v) is 6.32. The summed E-state index contributed by atoms with van der Waals surface area (Å²) in [5.74, 6) is -1.80. The first-order valence-corrected chi connectivity index (χ1v) is 7.90. The fourth-order valence-electron chi connectivity index (χ4n) is 3.21. The van der Waals surface area contributed by atoms with Crippen molar-refractivity contribution in [3.05, 3.63) is 53.1 Å². The number of carboxylic acids is 1. The van der Waals surface area contributed by atoms with Crippen LogP contribution in [0.25, 0.3) is 11.1 Å². The van der Waals surface area contributed by atoms with E-state index in [4.69, 9.17) is 0 Å². The van der Waals surface area contributed by atoms with Gasteiger partial charge in [0.2, 0.25) is 0 Å². The van der Waals surface area contributed by atoms with Crippen molar-refractivity contribution >= 4 is 5.97 Å². The zero-order valence-electron chi connectivity index (χ0n) is 13.5. The minimum absolute atomic E-state index is 0.0301. The Kier molecular flexibility index (Phi) is 4.47. The third-order valence-corrected chi connectivity index (χ3v) is 4.88. The molecule has 1 aromatic heterocycles. The average molecular weight is 369 g/mol. The molecule has 0 atom stereocenters. The number of carbonyl (C=O) groups is 1. The smallest absolute Gasteiger partial charge is 0.433 e. The van der Waals surface area contributed by atoms with Crippen molar-refractivity contribution in [3.8, 4) is 11.1 Å². The molecule has 1 fully saturated rings. The second-order valence-electron chi connectivity index (χ2n) is 6.32. The fraction of sp³-hybridized carbons (Fsp3) is 0.333. The third kappa shape index (κ3) is 2.94. The molecule has 0 aliphatic heterocycles. The number of rotatable bonds is 4. The van der Waals surface area contributed by atoms with Gasteiger partial charge < -0.3 is 10.2 Å². The van der Waals surface area contributed by atoms with E-state index in [1.165, 1.54) is 12.1 Å². The summed E-state index contributed by atoms with van der Waals surface area (Å²) in [7, 11) is 0. The quantitative estimate of drug-likeness (QED) is 0.802. The molecule has 3 rings (SSSR count). The predicted molar refractivity (Wildman–Crippen MR) is 83.7 cm³/mol. The van der Waals surface area contributed by atoms with E-state index in [1.54, 1.807) is 0 Å². The van der Waals surface area contributed by atoms with Gasteiger partial charge in [0.15, 0.2) is 0 Å². The molecule has 1 heterocycles. The van der Waals surface area contributed by atoms with E-state index in [0.717, 1.165) is 18.7 Å². The molecule has 0 radical (unpaired) electrons. The van der Waals surface area contributed by atoms with Crippen LogP contribution in [-0.4, -0.2) is 21.2 Å². The van der Waals surface area contributed by atoms with Gasteiger partial charge in [0.05, 0.1) is 12.0 Å². The molecule has 0 saturated heterocycles. The third-order valence-electron chi connectivity index (χ3n) is 4.88. The molecule has 26 heavy (non-hydrogen) atoms. The highest BCUT2D eigenvalue weighted by molar-refractivity contribution is 5.83. The van der Waals surface area contributed by atoms with Crippen LogP contribution in [0.4, 0.5) is 17.6 Å². The molecule has 1 aliphatic rings. The first kappa shape index (κ1) is 18.3. The maximum absolute atomic E-state index is 14.6. The Labute approximate surface area is 146 Å². The monoisotopic (exact) mass is 369 g/mol. The summed E-state index contributed by atoms with van der Waals surface area (Å²) >= 11 is 0. The average Bonchev–Trinajstić information content (AvgIpc) is 2.52. The van der Waals surface area contributed by atoms with Gasteiger partial charge in [0.1, 0.15) is 11.5 Å². The Morgan fingerprint density at radius 1 is 1.19 bits per heavy atom. The Morgan fingerprint density at radius 3 is 2.35 bits per heavy atom. The maximum Gasteiger partial charge on any atom is 0.433 e. The van der Waals surface area contributed by atoms with Gasteiger partial charge >= 0.3 is 12.1 Å². The number of carboxylic acid groups (broad SMARTS) is 1. The minimum Gasteiger partial charge on any atom is -0.481 e. The number of aliphatic hydroxyl groups excluding tert-OH is 1. The molecule has 0 bridgehead atoms. The summed E-state index contributed by atoms with van der Waals surface area (Å²) in [6.07, 6.45) is -2.27. The number of hydrogen-bond acceptors (Lipinski definition) is 3. The standard InChI is InChI=1S/C18H15F4NO3/c19-14-7-11(17(16(25)26)4-1-5-17)2-3-12(14)13-8-23-15(18(20,21)22)6-10(13)9-24/h2-3,6-8,24H,1,4-5,9H2,(H,25,26). The fourth-order valence-corrected chi connectivity index (χ4v) is 3.21. The summed E-state index contributed by atoms with van der Waals surface area (Å²) in [5, 5.41) is 18.8. The van der Waals surface area contributed by atoms with Crippen molar-refractivity contribution < 1.29 is 32.6 Å². The zero-order valence-corrected chi connectivity index (χ0v) is 13.5. The SMILES string of the molecule is O=C(O)C1(c2ccc(-c3cnc(C(F)(F)F)cc3CO)c(F)c2)CCC1. The molecule has 138 valence electrons. The van der Waals surface area contributed by atoms with Crippen molar-refractivity contribution in [1.29, 1.82) is 0 Å². The van der Waals surface area contributed by atoms with Gasteiger partial charge in [-0.25, -0.2) is 4.39 Å². The van der Waals surface area contributed by atoms with Crippen molar-refractivity contribution in [3.63, 3.8) is 0 Å². The molecule has 4 nitrogen and oxygen atoms in total. The van der Waals surface area contributed by atoms with Gasteiger partial charge in [-0.3, -0.25) is 9.78 Å². The van der Waals surface area contributed by atoms with Gasteiger partial charge in [-0.1, -0.05) is 18.6 Å². The van der Waals surface area contributed by atoms with Crippen LogP contribution in [0.15, 0.2) is 30.5 Å². The minimum atomic E-state index is -4.68. The summed E-state index contributed by atoms with van der Waals surface area (Å²) in [6, 6.07) is 4.55. The molecular formula is C18H15F4NO3. The second kappa shape index (κ2) is 6.35. The van der Waals surface area contributed by atoms with Crippen LogP contribution in [0.1, 0.15) is 36.1 Å². The lowest BCUT2D eigenvalue weighted by Crippen LogP contribution is -2.42. The van der Waals surface area contributed by atoms with Gasteiger partial charge in [0.25, 0.3) is 0 Å². The highest BCUT2D eigenvalue weighted by atomic mass is 19.4. The van der Waals surface area contributed by atoms with E-state index in [1.807, 2.05) is 0 Å². The van der Waals surface area contributed by atoms with E-state index >= 15 is 0 Å². The molecule has 1 aliphatic carbocycles. The molecule has 2 N–H and O–H groups in total. The molecule has 0 unspecified atom stereocenters. The summed E-state index contributed by atoms with van der Waals surface area (Å²) in [6.45, 7) is -0.721. The molecule has 8 heteroatoms. The van der Waals surface area contributed by atoms with Gasteiger partial charge in [-0.05, 0) is 36.1 Å². The van der Waals surface area contributed by atoms with Crippen molar-refractivity contribution in [2.24, 2.45) is 0 Å². The number of aliphatic carboxylic acids is 1. The Balaban J connectivity index is 2.04. The zero-order chi connectivity index (χ0) is 19.1. The molecule has 0 spiro atoms. The lowest BCUT2D eigenvalue weighted by molar-refractivity contribution is -0.147. The maximum atomic E-state index is 14.6. The number of pyridine rings is 1. The molecule has 0 amide bonds. The van der Waals surface area contributed by atoms with Crippen LogP contribution < -0.4 is 0 Å². The van der Waals surface area contributed by atoms with Crippen molar-refractivity contribution in [2.75, 3.05) is 0 Å². The Morgan fingerprint density at radius 2 is 1.88 bits per heavy atom. The van der Waals surface area contributed by atoms with Crippen LogP contribution >= 0.6 is 0 Å². The van der Waals surface area contributed by atoms with E-state index < -0.39 is 35.7 Å².